The third kappa shape index (κ3) is 6.38. The summed E-state index contributed by atoms with van der Waals surface area (Å²) in [5.74, 6) is 2.32. The van der Waals surface area contributed by atoms with Gasteiger partial charge in [0.1, 0.15) is 11.6 Å². The molecular weight excluding hydrogens is 437 g/mol. The number of halogens is 3. The number of pyridine rings is 1. The van der Waals surface area contributed by atoms with Crippen LogP contribution in [0.15, 0.2) is 24.5 Å². The molecule has 0 aliphatic carbocycles. The van der Waals surface area contributed by atoms with Gasteiger partial charge in [-0.15, -0.1) is 6.42 Å². The first kappa shape index (κ1) is 24.4. The number of nitrogens with one attached hydrogen (secondary N) is 1. The number of urea groups is 1. The van der Waals surface area contributed by atoms with E-state index in [9.17, 15) is 18.0 Å². The molecule has 2 amide bonds. The Morgan fingerprint density at radius 1 is 1.42 bits per heavy atom. The summed E-state index contributed by atoms with van der Waals surface area (Å²) in [5, 5.41) is 6.71. The van der Waals surface area contributed by atoms with Crippen LogP contribution in [0, 0.1) is 12.3 Å². The number of carbonyl (C=O) groups excluding carboxylic acids is 1. The van der Waals surface area contributed by atoms with E-state index in [0.29, 0.717) is 19.7 Å². The normalized spacial score (nSPS) is 16.5. The topological polar surface area (TPSA) is 75.5 Å². The van der Waals surface area contributed by atoms with Gasteiger partial charge in [-0.1, -0.05) is 5.92 Å². The Labute approximate surface area is 190 Å². The highest BCUT2D eigenvalue weighted by molar-refractivity contribution is 5.88. The largest absolute Gasteiger partial charge is 0.416 e. The van der Waals surface area contributed by atoms with Gasteiger partial charge in [-0.05, 0) is 32.9 Å². The molecule has 1 saturated heterocycles. The van der Waals surface area contributed by atoms with E-state index in [0.717, 1.165) is 17.7 Å². The van der Waals surface area contributed by atoms with Crippen LogP contribution in [0.5, 0.6) is 0 Å². The van der Waals surface area contributed by atoms with Crippen molar-refractivity contribution in [1.29, 1.82) is 0 Å². The van der Waals surface area contributed by atoms with Gasteiger partial charge in [0.25, 0.3) is 0 Å². The molecule has 1 atom stereocenters. The van der Waals surface area contributed by atoms with Crippen molar-refractivity contribution >= 4 is 17.7 Å². The summed E-state index contributed by atoms with van der Waals surface area (Å²) in [5.41, 5.74) is -0.155. The number of hydrogen-bond acceptors (Lipinski definition) is 5. The highest BCUT2D eigenvalue weighted by atomic mass is 19.4. The lowest BCUT2D eigenvalue weighted by Gasteiger charge is -2.32. The van der Waals surface area contributed by atoms with Gasteiger partial charge in [0.15, 0.2) is 0 Å². The zero-order valence-electron chi connectivity index (χ0n) is 18.8. The Morgan fingerprint density at radius 3 is 2.79 bits per heavy atom. The molecule has 2 aromatic heterocycles. The van der Waals surface area contributed by atoms with Crippen LogP contribution in [0.1, 0.15) is 37.9 Å². The van der Waals surface area contributed by atoms with E-state index in [4.69, 9.17) is 11.2 Å². The predicted molar refractivity (Wildman–Crippen MR) is 118 cm³/mol. The lowest BCUT2D eigenvalue weighted by Crippen LogP contribution is -2.41. The fraction of sp³-hybridized carbons (Fsp3) is 0.500. The lowest BCUT2D eigenvalue weighted by atomic mass is 10.2. The minimum atomic E-state index is -4.60. The Bertz CT molecular complexity index is 1010. The molecule has 8 nitrogen and oxygen atoms in total. The monoisotopic (exact) mass is 464 g/mol. The number of morpholine rings is 1. The fourth-order valence-corrected chi connectivity index (χ4v) is 3.39. The van der Waals surface area contributed by atoms with Crippen molar-refractivity contribution in [2.24, 2.45) is 0 Å². The number of aromatic nitrogens is 3. The highest BCUT2D eigenvalue weighted by Crippen LogP contribution is 2.33. The molecule has 3 heterocycles. The second-order valence-electron chi connectivity index (χ2n) is 8.14. The van der Waals surface area contributed by atoms with Crippen molar-refractivity contribution in [2.75, 3.05) is 36.5 Å². The average Bonchev–Trinajstić information content (AvgIpc) is 3.21. The van der Waals surface area contributed by atoms with Crippen LogP contribution in [-0.2, 0) is 17.5 Å². The van der Waals surface area contributed by atoms with Crippen LogP contribution < -0.4 is 10.2 Å². The van der Waals surface area contributed by atoms with Gasteiger partial charge in [-0.3, -0.25) is 10.00 Å². The van der Waals surface area contributed by atoms with E-state index in [1.165, 1.54) is 4.90 Å². The maximum Gasteiger partial charge on any atom is 0.416 e. The van der Waals surface area contributed by atoms with Crippen molar-refractivity contribution in [3.05, 3.63) is 35.7 Å². The number of amides is 2. The summed E-state index contributed by atoms with van der Waals surface area (Å²) in [7, 11) is 0. The first-order chi connectivity index (χ1) is 15.6. The second-order valence-corrected chi connectivity index (χ2v) is 8.14. The predicted octanol–water partition coefficient (Wildman–Crippen LogP) is 3.77. The van der Waals surface area contributed by atoms with Crippen LogP contribution in [0.4, 0.5) is 29.6 Å². The van der Waals surface area contributed by atoms with Crippen LogP contribution >= 0.6 is 0 Å². The van der Waals surface area contributed by atoms with Gasteiger partial charge in [0.05, 0.1) is 37.6 Å². The van der Waals surface area contributed by atoms with Gasteiger partial charge in [0, 0.05) is 30.9 Å². The lowest BCUT2D eigenvalue weighted by molar-refractivity contribution is -0.137. The summed E-state index contributed by atoms with van der Waals surface area (Å²) in [6, 6.07) is 1.28. The summed E-state index contributed by atoms with van der Waals surface area (Å²) in [6.07, 6.45) is 4.08. The maximum atomic E-state index is 13.5. The second kappa shape index (κ2) is 10.1. The minimum absolute atomic E-state index is 0.0362. The zero-order chi connectivity index (χ0) is 24.2. The number of anilines is 2. The molecular formula is C22H27F3N6O2. The van der Waals surface area contributed by atoms with E-state index in [1.54, 1.807) is 22.0 Å². The molecule has 3 rings (SSSR count). The Kier molecular flexibility index (Phi) is 7.48. The average molecular weight is 464 g/mol. The van der Waals surface area contributed by atoms with E-state index in [-0.39, 0.29) is 36.9 Å². The molecule has 0 saturated carbocycles. The van der Waals surface area contributed by atoms with Crippen LogP contribution in [0.2, 0.25) is 0 Å². The van der Waals surface area contributed by atoms with Crippen LogP contribution in [0.25, 0.3) is 0 Å². The van der Waals surface area contributed by atoms with Crippen molar-refractivity contribution in [3.8, 4) is 12.3 Å². The number of nitrogens with zero attached hydrogens (tertiary/aromatic N) is 5. The Balaban J connectivity index is 1.83. The smallest absolute Gasteiger partial charge is 0.375 e. The van der Waals surface area contributed by atoms with E-state index >= 15 is 0 Å². The molecule has 1 aliphatic heterocycles. The molecule has 0 radical (unpaired) electrons. The van der Waals surface area contributed by atoms with Crippen molar-refractivity contribution in [2.45, 2.75) is 45.6 Å². The highest BCUT2D eigenvalue weighted by Gasteiger charge is 2.33. The molecule has 1 aliphatic rings. The fourth-order valence-electron chi connectivity index (χ4n) is 3.39. The molecule has 0 aromatic carbocycles. The van der Waals surface area contributed by atoms with Crippen molar-refractivity contribution < 1.29 is 22.7 Å². The van der Waals surface area contributed by atoms with Gasteiger partial charge in [0.2, 0.25) is 0 Å². The summed E-state index contributed by atoms with van der Waals surface area (Å²) in [4.78, 5) is 20.2. The number of ether oxygens (including phenoxy) is 1. The number of rotatable bonds is 6. The zero-order valence-corrected chi connectivity index (χ0v) is 18.8. The van der Waals surface area contributed by atoms with Crippen LogP contribution in [0.3, 0.4) is 0 Å². The van der Waals surface area contributed by atoms with Gasteiger partial charge >= 0.3 is 12.2 Å². The van der Waals surface area contributed by atoms with Crippen molar-refractivity contribution in [1.82, 2.24) is 19.7 Å². The van der Waals surface area contributed by atoms with Gasteiger partial charge in [-0.2, -0.15) is 18.3 Å². The van der Waals surface area contributed by atoms with E-state index < -0.39 is 17.8 Å². The molecule has 11 heteroatoms. The minimum Gasteiger partial charge on any atom is -0.375 e. The molecule has 1 fully saturated rings. The summed E-state index contributed by atoms with van der Waals surface area (Å²) in [6.45, 7) is 7.05. The standard InChI is InChI=1S/C22H27F3N6O2/c1-5-6-30(13-17-11-26-31(14-17)15(2)3)21(32)28-19-9-18(22(23,24)25)10-20(27-19)29-7-8-33-16(4)12-29/h1,9-11,14-16H,6-8,12-13H2,2-4H3,(H,27,28,32)/t16-/m1/s1. The number of hydrogen-bond donors (Lipinski definition) is 1. The maximum absolute atomic E-state index is 13.5. The molecule has 0 bridgehead atoms. The molecule has 1 N–H and O–H groups in total. The Hall–Kier alpha value is -3.26. The number of carbonyl (C=O) groups is 1. The molecule has 33 heavy (non-hydrogen) atoms. The quantitative estimate of drug-likeness (QED) is 0.659. The van der Waals surface area contributed by atoms with E-state index in [1.807, 2.05) is 20.8 Å². The van der Waals surface area contributed by atoms with Gasteiger partial charge < -0.3 is 14.5 Å². The SMILES string of the molecule is C#CCN(Cc1cnn(C(C)C)c1)C(=O)Nc1cc(C(F)(F)F)cc(N2CCO[C@H](C)C2)n1. The number of alkyl halides is 3. The van der Waals surface area contributed by atoms with Gasteiger partial charge in [-0.25, -0.2) is 9.78 Å². The third-order valence-electron chi connectivity index (χ3n) is 5.07. The molecule has 0 unspecified atom stereocenters. The van der Waals surface area contributed by atoms with E-state index in [2.05, 4.69) is 21.3 Å². The first-order valence-corrected chi connectivity index (χ1v) is 10.5. The summed E-state index contributed by atoms with van der Waals surface area (Å²) >= 11 is 0. The first-order valence-electron chi connectivity index (χ1n) is 10.5. The molecule has 2 aromatic rings. The molecule has 0 spiro atoms. The number of terminal acetylenes is 1. The third-order valence-corrected chi connectivity index (χ3v) is 5.07. The molecule has 178 valence electrons. The Morgan fingerprint density at radius 2 is 2.18 bits per heavy atom. The summed E-state index contributed by atoms with van der Waals surface area (Å²) < 4.78 is 47.8. The van der Waals surface area contributed by atoms with Crippen molar-refractivity contribution in [3.63, 3.8) is 0 Å². The van der Waals surface area contributed by atoms with Crippen LogP contribution in [-0.4, -0.2) is 58.0 Å².